The van der Waals surface area contributed by atoms with Crippen LogP contribution in [0.2, 0.25) is 0 Å². The van der Waals surface area contributed by atoms with Crippen LogP contribution in [0.5, 0.6) is 5.19 Å². The minimum absolute atomic E-state index is 0.577. The summed E-state index contributed by atoms with van der Waals surface area (Å²) in [6, 6.07) is 0. The van der Waals surface area contributed by atoms with E-state index >= 15 is 0 Å². The maximum Gasteiger partial charge on any atom is 0.305 e. The van der Waals surface area contributed by atoms with Gasteiger partial charge in [-0.2, -0.15) is 0 Å². The number of rotatable bonds is 2. The Morgan fingerprint density at radius 1 is 1.89 bits per heavy atom. The molecule has 0 aliphatic heterocycles. The molecule has 0 radical (unpaired) electrons. The zero-order valence-corrected chi connectivity index (χ0v) is 5.76. The molecule has 0 spiro atoms. The molecule has 9 heavy (non-hydrogen) atoms. The summed E-state index contributed by atoms with van der Waals surface area (Å²) in [5, 5.41) is 5.95. The van der Waals surface area contributed by atoms with E-state index in [0.29, 0.717) is 5.19 Å². The lowest BCUT2D eigenvalue weighted by molar-refractivity contribution is 0.341. The highest BCUT2D eigenvalue weighted by Crippen LogP contribution is 2.12. The van der Waals surface area contributed by atoms with Gasteiger partial charge in [0.2, 0.25) is 0 Å². The highest BCUT2D eigenvalue weighted by atomic mass is 32.1. The van der Waals surface area contributed by atoms with Crippen molar-refractivity contribution in [3.8, 4) is 5.19 Å². The number of nitrogens with zero attached hydrogens (tertiary/aromatic N) is 2. The smallest absolute Gasteiger partial charge is 0.305 e. The molecule has 0 saturated heterocycles. The van der Waals surface area contributed by atoms with E-state index in [1.165, 1.54) is 11.3 Å². The molecule has 1 aromatic heterocycles. The summed E-state index contributed by atoms with van der Waals surface area (Å²) >= 11 is 1.42. The molecule has 0 N–H and O–H groups in total. The van der Waals surface area contributed by atoms with Crippen LogP contribution in [0.1, 0.15) is 6.92 Å². The summed E-state index contributed by atoms with van der Waals surface area (Å²) in [4.78, 5) is 8.61. The third-order valence-corrected chi connectivity index (χ3v) is 1.29. The minimum atomic E-state index is 0.577. The molecular formula is C5H6N2OS. The number of hydrogen-bond acceptors (Lipinski definition) is 4. The summed E-state index contributed by atoms with van der Waals surface area (Å²) in [6.07, 6.45) is 3.24. The molecule has 0 unspecified atom stereocenters. The Kier molecular flexibility index (Phi) is 2.21. The summed E-state index contributed by atoms with van der Waals surface area (Å²) in [5.41, 5.74) is 0. The predicted octanol–water partition coefficient (Wildman–Crippen LogP) is 1.53. The second-order valence-corrected chi connectivity index (χ2v) is 2.11. The normalized spacial score (nSPS) is 10.3. The van der Waals surface area contributed by atoms with E-state index in [-0.39, 0.29) is 0 Å². The summed E-state index contributed by atoms with van der Waals surface area (Å²) in [7, 11) is 0. The van der Waals surface area contributed by atoms with Gasteiger partial charge in [-0.25, -0.2) is 4.98 Å². The van der Waals surface area contributed by atoms with Crippen molar-refractivity contribution in [3.05, 3.63) is 11.6 Å². The number of oxime groups is 1. The van der Waals surface area contributed by atoms with Gasteiger partial charge >= 0.3 is 5.19 Å². The number of aromatic nitrogens is 1. The standard InChI is InChI=1S/C5H6N2OS/c1-2-7-8-5-6-3-4-9-5/h2-4H,1H3. The Hall–Kier alpha value is -0.900. The largest absolute Gasteiger partial charge is 0.325 e. The van der Waals surface area contributed by atoms with Crippen molar-refractivity contribution in [1.82, 2.24) is 4.98 Å². The van der Waals surface area contributed by atoms with Gasteiger partial charge < -0.3 is 4.84 Å². The van der Waals surface area contributed by atoms with Crippen molar-refractivity contribution in [2.45, 2.75) is 6.92 Å². The van der Waals surface area contributed by atoms with Crippen LogP contribution in [0.25, 0.3) is 0 Å². The first kappa shape index (κ1) is 6.22. The van der Waals surface area contributed by atoms with Gasteiger partial charge in [-0.1, -0.05) is 16.5 Å². The molecule has 0 aromatic carbocycles. The first-order valence-electron chi connectivity index (χ1n) is 2.48. The summed E-state index contributed by atoms with van der Waals surface area (Å²) < 4.78 is 0. The Labute approximate surface area is 57.0 Å². The van der Waals surface area contributed by atoms with E-state index in [9.17, 15) is 0 Å². The zero-order chi connectivity index (χ0) is 6.53. The van der Waals surface area contributed by atoms with Gasteiger partial charge in [0.15, 0.2) is 0 Å². The fourth-order valence-corrected chi connectivity index (χ4v) is 0.799. The number of hydrogen-bond donors (Lipinski definition) is 0. The second-order valence-electron chi connectivity index (χ2n) is 1.25. The zero-order valence-electron chi connectivity index (χ0n) is 4.94. The molecule has 0 bridgehead atoms. The lowest BCUT2D eigenvalue weighted by atomic mass is 10.9. The van der Waals surface area contributed by atoms with Crippen molar-refractivity contribution in [1.29, 1.82) is 0 Å². The molecule has 3 nitrogen and oxygen atoms in total. The van der Waals surface area contributed by atoms with Crippen LogP contribution in [0, 0.1) is 0 Å². The van der Waals surface area contributed by atoms with Crippen molar-refractivity contribution >= 4 is 17.6 Å². The first-order valence-corrected chi connectivity index (χ1v) is 3.36. The molecule has 0 aliphatic rings. The Morgan fingerprint density at radius 3 is 3.33 bits per heavy atom. The van der Waals surface area contributed by atoms with Gasteiger partial charge in [0, 0.05) is 17.8 Å². The fraction of sp³-hybridized carbons (Fsp3) is 0.200. The molecule has 0 atom stereocenters. The van der Waals surface area contributed by atoms with Gasteiger partial charge in [-0.3, -0.25) is 0 Å². The Balaban J connectivity index is 2.48. The van der Waals surface area contributed by atoms with Gasteiger partial charge in [0.25, 0.3) is 0 Å². The quantitative estimate of drug-likeness (QED) is 0.463. The van der Waals surface area contributed by atoms with Crippen LogP contribution in [0.4, 0.5) is 0 Å². The van der Waals surface area contributed by atoms with Gasteiger partial charge in [0.1, 0.15) is 0 Å². The van der Waals surface area contributed by atoms with Crippen LogP contribution in [-0.4, -0.2) is 11.2 Å². The highest BCUT2D eigenvalue weighted by molar-refractivity contribution is 7.11. The number of thiazole rings is 1. The lowest BCUT2D eigenvalue weighted by Crippen LogP contribution is -1.79. The molecule has 1 aromatic rings. The van der Waals surface area contributed by atoms with Crippen molar-refractivity contribution in [3.63, 3.8) is 0 Å². The van der Waals surface area contributed by atoms with Crippen LogP contribution in [0.15, 0.2) is 16.7 Å². The van der Waals surface area contributed by atoms with E-state index in [0.717, 1.165) is 0 Å². The minimum Gasteiger partial charge on any atom is -0.325 e. The second kappa shape index (κ2) is 3.19. The van der Waals surface area contributed by atoms with E-state index in [2.05, 4.69) is 10.1 Å². The van der Waals surface area contributed by atoms with Crippen LogP contribution >= 0.6 is 11.3 Å². The topological polar surface area (TPSA) is 34.5 Å². The average molecular weight is 142 g/mol. The predicted molar refractivity (Wildman–Crippen MR) is 36.9 cm³/mol. The maximum atomic E-state index is 4.77. The molecule has 4 heteroatoms. The highest BCUT2D eigenvalue weighted by Gasteiger charge is 1.89. The lowest BCUT2D eigenvalue weighted by Gasteiger charge is -1.85. The third-order valence-electron chi connectivity index (χ3n) is 0.646. The van der Waals surface area contributed by atoms with E-state index in [1.54, 1.807) is 19.3 Å². The van der Waals surface area contributed by atoms with E-state index in [1.807, 2.05) is 5.38 Å². The van der Waals surface area contributed by atoms with Gasteiger partial charge in [0.05, 0.1) is 0 Å². The van der Waals surface area contributed by atoms with Crippen LogP contribution < -0.4 is 4.84 Å². The molecule has 0 aliphatic carbocycles. The molecule has 1 rings (SSSR count). The monoisotopic (exact) mass is 142 g/mol. The SMILES string of the molecule is CC=NOc1nccs1. The molecule has 0 amide bonds. The molecule has 1 heterocycles. The first-order chi connectivity index (χ1) is 4.43. The summed E-state index contributed by atoms with van der Waals surface area (Å²) in [5.74, 6) is 0. The van der Waals surface area contributed by atoms with Crippen LogP contribution in [0.3, 0.4) is 0 Å². The van der Waals surface area contributed by atoms with E-state index in [4.69, 9.17) is 4.84 Å². The third kappa shape index (κ3) is 1.81. The Bertz CT molecular complexity index is 183. The van der Waals surface area contributed by atoms with Crippen LogP contribution in [-0.2, 0) is 0 Å². The average Bonchev–Trinajstić information content (AvgIpc) is 2.34. The maximum absolute atomic E-state index is 4.77. The van der Waals surface area contributed by atoms with Gasteiger partial charge in [-0.05, 0) is 6.92 Å². The van der Waals surface area contributed by atoms with E-state index < -0.39 is 0 Å². The van der Waals surface area contributed by atoms with Crippen molar-refractivity contribution < 1.29 is 4.84 Å². The van der Waals surface area contributed by atoms with Gasteiger partial charge in [-0.15, -0.1) is 0 Å². The van der Waals surface area contributed by atoms with Crippen molar-refractivity contribution in [2.75, 3.05) is 0 Å². The molecule has 0 saturated carbocycles. The molecule has 48 valence electrons. The molecular weight excluding hydrogens is 136 g/mol. The summed E-state index contributed by atoms with van der Waals surface area (Å²) in [6.45, 7) is 1.79. The molecule has 0 fully saturated rings. The Morgan fingerprint density at radius 2 is 2.78 bits per heavy atom. The van der Waals surface area contributed by atoms with Crippen molar-refractivity contribution in [2.24, 2.45) is 5.16 Å². The fourth-order valence-electron chi connectivity index (χ4n) is 0.353.